The number of piperazine rings is 1. The molecule has 1 aliphatic rings. The molecule has 1 aromatic carbocycles. The standard InChI is InChI=1S/C21H20BrN5O2S/c1-13-3-5-15(6-4-13)27-19-18(14(2)24-27)30-21(23-19)26-11-9-25(10-12-26)20(28)16-7-8-17(22)29-16/h3-8H,9-12H2,1-2H3. The molecule has 0 aliphatic carbocycles. The van der Waals surface area contributed by atoms with Gasteiger partial charge in [-0.3, -0.25) is 4.79 Å². The number of aryl methyl sites for hydroxylation is 2. The normalized spacial score (nSPS) is 14.6. The highest BCUT2D eigenvalue weighted by molar-refractivity contribution is 9.10. The van der Waals surface area contributed by atoms with E-state index < -0.39 is 0 Å². The van der Waals surface area contributed by atoms with E-state index >= 15 is 0 Å². The summed E-state index contributed by atoms with van der Waals surface area (Å²) in [5, 5.41) is 5.66. The Morgan fingerprint density at radius 1 is 1.07 bits per heavy atom. The molecule has 4 aromatic rings. The van der Waals surface area contributed by atoms with E-state index in [2.05, 4.69) is 57.1 Å². The van der Waals surface area contributed by atoms with Gasteiger partial charge in [0.15, 0.2) is 21.2 Å². The van der Waals surface area contributed by atoms with Gasteiger partial charge in [0.1, 0.15) is 0 Å². The summed E-state index contributed by atoms with van der Waals surface area (Å²) >= 11 is 4.91. The number of fused-ring (bicyclic) bond motifs is 1. The monoisotopic (exact) mass is 485 g/mol. The zero-order chi connectivity index (χ0) is 20.8. The van der Waals surface area contributed by atoms with Crippen molar-refractivity contribution in [2.75, 3.05) is 31.1 Å². The number of aromatic nitrogens is 3. The topological polar surface area (TPSA) is 67.4 Å². The van der Waals surface area contributed by atoms with Gasteiger partial charge in [-0.1, -0.05) is 29.0 Å². The SMILES string of the molecule is Cc1ccc(-n2nc(C)c3sc(N4CCN(C(=O)c5ccc(Br)o5)CC4)nc32)cc1. The fraction of sp³-hybridized carbons (Fsp3) is 0.286. The van der Waals surface area contributed by atoms with Gasteiger partial charge in [-0.05, 0) is 54.0 Å². The molecule has 7 nitrogen and oxygen atoms in total. The van der Waals surface area contributed by atoms with Gasteiger partial charge in [0.2, 0.25) is 0 Å². The highest BCUT2D eigenvalue weighted by atomic mass is 79.9. The Hall–Kier alpha value is -2.65. The lowest BCUT2D eigenvalue weighted by Crippen LogP contribution is -2.48. The molecule has 1 saturated heterocycles. The first-order valence-corrected chi connectivity index (χ1v) is 11.3. The summed E-state index contributed by atoms with van der Waals surface area (Å²) in [6.45, 7) is 6.84. The van der Waals surface area contributed by atoms with Gasteiger partial charge in [0.05, 0.1) is 16.1 Å². The fourth-order valence-corrected chi connectivity index (χ4v) is 4.96. The molecule has 1 fully saturated rings. The molecule has 0 N–H and O–H groups in total. The van der Waals surface area contributed by atoms with Gasteiger partial charge < -0.3 is 14.2 Å². The van der Waals surface area contributed by atoms with Crippen LogP contribution in [0.4, 0.5) is 5.13 Å². The van der Waals surface area contributed by atoms with Gasteiger partial charge in [0, 0.05) is 26.2 Å². The summed E-state index contributed by atoms with van der Waals surface area (Å²) in [6, 6.07) is 11.7. The minimum Gasteiger partial charge on any atom is -0.444 e. The molecule has 5 rings (SSSR count). The number of anilines is 1. The predicted octanol–water partition coefficient (Wildman–Crippen LogP) is 4.42. The van der Waals surface area contributed by atoms with E-state index in [1.165, 1.54) is 5.56 Å². The quantitative estimate of drug-likeness (QED) is 0.429. The van der Waals surface area contributed by atoms with Gasteiger partial charge in [-0.2, -0.15) is 10.1 Å². The Morgan fingerprint density at radius 3 is 2.47 bits per heavy atom. The molecule has 154 valence electrons. The molecule has 0 saturated carbocycles. The zero-order valence-corrected chi connectivity index (χ0v) is 19.0. The van der Waals surface area contributed by atoms with E-state index in [1.807, 2.05) is 16.5 Å². The lowest BCUT2D eigenvalue weighted by Gasteiger charge is -2.34. The summed E-state index contributed by atoms with van der Waals surface area (Å²) in [5.74, 6) is 0.291. The van der Waals surface area contributed by atoms with E-state index in [0.717, 1.165) is 39.9 Å². The van der Waals surface area contributed by atoms with Crippen LogP contribution in [-0.4, -0.2) is 51.8 Å². The summed E-state index contributed by atoms with van der Waals surface area (Å²) in [4.78, 5) is 21.6. The first-order valence-electron chi connectivity index (χ1n) is 9.72. The van der Waals surface area contributed by atoms with Crippen molar-refractivity contribution >= 4 is 48.7 Å². The molecule has 0 unspecified atom stereocenters. The largest absolute Gasteiger partial charge is 0.444 e. The maximum Gasteiger partial charge on any atom is 0.289 e. The molecule has 0 spiro atoms. The third kappa shape index (κ3) is 3.41. The first-order chi connectivity index (χ1) is 14.5. The van der Waals surface area contributed by atoms with Gasteiger partial charge in [-0.25, -0.2) is 4.68 Å². The molecular formula is C21H20BrN5O2S. The Bertz CT molecular complexity index is 1220. The Morgan fingerprint density at radius 2 is 1.80 bits per heavy atom. The average Bonchev–Trinajstić information content (AvgIpc) is 3.45. The summed E-state index contributed by atoms with van der Waals surface area (Å²) < 4.78 is 8.99. The lowest BCUT2D eigenvalue weighted by molar-refractivity contribution is 0.0713. The van der Waals surface area contributed by atoms with Crippen LogP contribution < -0.4 is 4.90 Å². The third-order valence-electron chi connectivity index (χ3n) is 5.28. The number of nitrogens with zero attached hydrogens (tertiary/aromatic N) is 5. The van der Waals surface area contributed by atoms with Gasteiger partial charge >= 0.3 is 0 Å². The van der Waals surface area contributed by atoms with Crippen molar-refractivity contribution in [3.8, 4) is 5.69 Å². The van der Waals surface area contributed by atoms with E-state index in [1.54, 1.807) is 23.5 Å². The number of amides is 1. The van der Waals surface area contributed by atoms with Crippen molar-refractivity contribution in [3.05, 3.63) is 58.1 Å². The van der Waals surface area contributed by atoms with Crippen LogP contribution in [0.25, 0.3) is 16.0 Å². The minimum absolute atomic E-state index is 0.0736. The number of halogens is 1. The van der Waals surface area contributed by atoms with Crippen molar-refractivity contribution in [2.24, 2.45) is 0 Å². The number of rotatable bonds is 3. The lowest BCUT2D eigenvalue weighted by atomic mass is 10.2. The van der Waals surface area contributed by atoms with Crippen LogP contribution in [0.2, 0.25) is 0 Å². The van der Waals surface area contributed by atoms with Gasteiger partial charge in [0.25, 0.3) is 5.91 Å². The van der Waals surface area contributed by atoms with Crippen LogP contribution in [0, 0.1) is 13.8 Å². The van der Waals surface area contributed by atoms with Crippen molar-refractivity contribution in [1.29, 1.82) is 0 Å². The van der Waals surface area contributed by atoms with Crippen LogP contribution in [-0.2, 0) is 0 Å². The van der Waals surface area contributed by atoms with Crippen LogP contribution in [0.5, 0.6) is 0 Å². The number of hydrogen-bond acceptors (Lipinski definition) is 6. The molecular weight excluding hydrogens is 466 g/mol. The third-order valence-corrected chi connectivity index (χ3v) is 6.92. The molecule has 0 bridgehead atoms. The fourth-order valence-electron chi connectivity index (χ4n) is 3.61. The second-order valence-corrected chi connectivity index (χ2v) is 9.12. The molecule has 4 heterocycles. The Balaban J connectivity index is 1.35. The number of carbonyl (C=O) groups is 1. The summed E-state index contributed by atoms with van der Waals surface area (Å²) in [6.07, 6.45) is 0. The molecule has 9 heteroatoms. The van der Waals surface area contributed by atoms with E-state index in [4.69, 9.17) is 9.40 Å². The summed E-state index contributed by atoms with van der Waals surface area (Å²) in [7, 11) is 0. The van der Waals surface area contributed by atoms with E-state index in [-0.39, 0.29) is 5.91 Å². The second-order valence-electron chi connectivity index (χ2n) is 7.36. The van der Waals surface area contributed by atoms with Crippen molar-refractivity contribution < 1.29 is 9.21 Å². The van der Waals surface area contributed by atoms with Crippen molar-refractivity contribution in [2.45, 2.75) is 13.8 Å². The smallest absolute Gasteiger partial charge is 0.289 e. The number of benzene rings is 1. The Labute approximate surface area is 186 Å². The van der Waals surface area contributed by atoms with Crippen LogP contribution in [0.1, 0.15) is 21.8 Å². The Kier molecular flexibility index (Phi) is 4.86. The van der Waals surface area contributed by atoms with Crippen molar-refractivity contribution in [3.63, 3.8) is 0 Å². The molecule has 30 heavy (non-hydrogen) atoms. The maximum absolute atomic E-state index is 12.6. The second kappa shape index (κ2) is 7.55. The molecule has 1 amide bonds. The summed E-state index contributed by atoms with van der Waals surface area (Å²) in [5.41, 5.74) is 4.09. The van der Waals surface area contributed by atoms with E-state index in [9.17, 15) is 4.79 Å². The molecule has 0 atom stereocenters. The van der Waals surface area contributed by atoms with Crippen LogP contribution in [0.15, 0.2) is 45.5 Å². The molecule has 0 radical (unpaired) electrons. The molecule has 3 aromatic heterocycles. The number of hydrogen-bond donors (Lipinski definition) is 0. The number of furan rings is 1. The van der Waals surface area contributed by atoms with Gasteiger partial charge in [-0.15, -0.1) is 0 Å². The predicted molar refractivity (Wildman–Crippen MR) is 121 cm³/mol. The zero-order valence-electron chi connectivity index (χ0n) is 16.6. The van der Waals surface area contributed by atoms with E-state index in [0.29, 0.717) is 23.5 Å². The van der Waals surface area contributed by atoms with Crippen LogP contribution in [0.3, 0.4) is 0 Å². The van der Waals surface area contributed by atoms with Crippen LogP contribution >= 0.6 is 27.3 Å². The maximum atomic E-state index is 12.6. The molecule has 1 aliphatic heterocycles. The number of carbonyl (C=O) groups excluding carboxylic acids is 1. The highest BCUT2D eigenvalue weighted by Crippen LogP contribution is 2.33. The first kappa shape index (κ1) is 19.3. The van der Waals surface area contributed by atoms with Crippen molar-refractivity contribution in [1.82, 2.24) is 19.7 Å². The minimum atomic E-state index is -0.0736. The highest BCUT2D eigenvalue weighted by Gasteiger charge is 2.26. The number of thiazole rings is 1. The average molecular weight is 486 g/mol.